The number of rotatable bonds is 3. The molecule has 2 aromatic heterocycles. The summed E-state index contributed by atoms with van der Waals surface area (Å²) in [6.45, 7) is 1.70. The molecule has 90 valence electrons. The molecule has 6 heteroatoms. The molecule has 0 atom stereocenters. The van der Waals surface area contributed by atoms with E-state index in [1.165, 1.54) is 13.2 Å². The maximum atomic E-state index is 11.5. The average Bonchev–Trinajstić information content (AvgIpc) is 2.79. The van der Waals surface area contributed by atoms with Crippen molar-refractivity contribution in [3.63, 3.8) is 0 Å². The number of aromatic hydroxyl groups is 1. The lowest BCUT2D eigenvalue weighted by Gasteiger charge is -2.08. The Kier molecular flexibility index (Phi) is 2.86. The van der Waals surface area contributed by atoms with Gasteiger partial charge in [0.2, 0.25) is 5.88 Å². The van der Waals surface area contributed by atoms with E-state index in [-0.39, 0.29) is 18.0 Å². The molecule has 0 aliphatic heterocycles. The number of hydrogen-bond acceptors (Lipinski definition) is 4. The van der Waals surface area contributed by atoms with Crippen LogP contribution in [0.4, 0.5) is 0 Å². The van der Waals surface area contributed by atoms with Gasteiger partial charge in [-0.2, -0.15) is 0 Å². The van der Waals surface area contributed by atoms with Crippen molar-refractivity contribution in [3.8, 4) is 5.88 Å². The molecule has 0 bridgehead atoms. The van der Waals surface area contributed by atoms with Gasteiger partial charge in [-0.1, -0.05) is 0 Å². The Bertz CT molecular complexity index is 622. The van der Waals surface area contributed by atoms with Crippen LogP contribution in [0.25, 0.3) is 0 Å². The monoisotopic (exact) mass is 236 g/mol. The van der Waals surface area contributed by atoms with Gasteiger partial charge in [-0.05, 0) is 19.1 Å². The summed E-state index contributed by atoms with van der Waals surface area (Å²) in [5, 5.41) is 9.70. The number of aromatic amines is 1. The molecule has 0 unspecified atom stereocenters. The van der Waals surface area contributed by atoms with Crippen molar-refractivity contribution in [2.75, 3.05) is 0 Å². The van der Waals surface area contributed by atoms with Crippen LogP contribution in [-0.4, -0.2) is 14.7 Å². The molecule has 2 heterocycles. The second-order valence-electron chi connectivity index (χ2n) is 3.69. The Balaban J connectivity index is 2.30. The second kappa shape index (κ2) is 4.32. The van der Waals surface area contributed by atoms with Crippen LogP contribution in [0, 0.1) is 6.92 Å². The SMILES string of the molecule is Cc1c(O)n(CCc2ccco2)c(=O)[nH]c1=O. The Morgan fingerprint density at radius 1 is 1.47 bits per heavy atom. The van der Waals surface area contributed by atoms with Gasteiger partial charge in [0, 0.05) is 13.0 Å². The van der Waals surface area contributed by atoms with Crippen LogP contribution < -0.4 is 11.2 Å². The van der Waals surface area contributed by atoms with Crippen molar-refractivity contribution in [2.24, 2.45) is 0 Å². The first-order chi connectivity index (χ1) is 8.09. The molecule has 0 saturated heterocycles. The second-order valence-corrected chi connectivity index (χ2v) is 3.69. The van der Waals surface area contributed by atoms with Crippen molar-refractivity contribution < 1.29 is 9.52 Å². The molecular formula is C11H12N2O4. The lowest BCUT2D eigenvalue weighted by atomic mass is 10.3. The Hall–Kier alpha value is -2.24. The van der Waals surface area contributed by atoms with Crippen LogP contribution in [-0.2, 0) is 13.0 Å². The van der Waals surface area contributed by atoms with E-state index in [1.807, 2.05) is 0 Å². The minimum Gasteiger partial charge on any atom is -0.494 e. The molecule has 0 radical (unpaired) electrons. The first-order valence-electron chi connectivity index (χ1n) is 5.14. The lowest BCUT2D eigenvalue weighted by molar-refractivity contribution is 0.388. The Morgan fingerprint density at radius 3 is 2.88 bits per heavy atom. The van der Waals surface area contributed by atoms with E-state index in [2.05, 4.69) is 4.98 Å². The maximum Gasteiger partial charge on any atom is 0.331 e. The molecule has 0 spiro atoms. The summed E-state index contributed by atoms with van der Waals surface area (Å²) in [7, 11) is 0. The predicted molar refractivity (Wildman–Crippen MR) is 60.1 cm³/mol. The molecule has 6 nitrogen and oxygen atoms in total. The fourth-order valence-electron chi connectivity index (χ4n) is 1.54. The maximum absolute atomic E-state index is 11.5. The smallest absolute Gasteiger partial charge is 0.331 e. The van der Waals surface area contributed by atoms with Crippen molar-refractivity contribution in [1.82, 2.24) is 9.55 Å². The van der Waals surface area contributed by atoms with Gasteiger partial charge < -0.3 is 9.52 Å². The highest BCUT2D eigenvalue weighted by Gasteiger charge is 2.10. The topological polar surface area (TPSA) is 88.2 Å². The van der Waals surface area contributed by atoms with E-state index in [1.54, 1.807) is 12.1 Å². The van der Waals surface area contributed by atoms with Gasteiger partial charge in [-0.25, -0.2) is 4.79 Å². The summed E-state index contributed by atoms with van der Waals surface area (Å²) < 4.78 is 6.23. The van der Waals surface area contributed by atoms with Gasteiger partial charge in [0.25, 0.3) is 5.56 Å². The number of hydrogen-bond donors (Lipinski definition) is 2. The summed E-state index contributed by atoms with van der Waals surface area (Å²) >= 11 is 0. The highest BCUT2D eigenvalue weighted by molar-refractivity contribution is 5.20. The lowest BCUT2D eigenvalue weighted by Crippen LogP contribution is -2.31. The molecule has 0 aromatic carbocycles. The molecule has 2 aromatic rings. The molecule has 0 saturated carbocycles. The van der Waals surface area contributed by atoms with Gasteiger partial charge >= 0.3 is 5.69 Å². The quantitative estimate of drug-likeness (QED) is 0.806. The number of aromatic nitrogens is 2. The molecule has 0 aliphatic rings. The molecule has 0 amide bonds. The number of aryl methyl sites for hydroxylation is 1. The predicted octanol–water partition coefficient (Wildman–Crippen LogP) is 0.386. The van der Waals surface area contributed by atoms with Crippen molar-refractivity contribution in [1.29, 1.82) is 0 Å². The Labute approximate surface area is 96.1 Å². The van der Waals surface area contributed by atoms with E-state index in [9.17, 15) is 14.7 Å². The van der Waals surface area contributed by atoms with E-state index in [4.69, 9.17) is 4.42 Å². The van der Waals surface area contributed by atoms with Crippen LogP contribution in [0.5, 0.6) is 5.88 Å². The molecule has 17 heavy (non-hydrogen) atoms. The first-order valence-corrected chi connectivity index (χ1v) is 5.14. The summed E-state index contributed by atoms with van der Waals surface area (Å²) in [5.41, 5.74) is -1.06. The first kappa shape index (κ1) is 11.3. The van der Waals surface area contributed by atoms with Crippen molar-refractivity contribution in [2.45, 2.75) is 19.9 Å². The minimum atomic E-state index is -0.621. The van der Waals surface area contributed by atoms with E-state index >= 15 is 0 Å². The number of H-pyrrole nitrogens is 1. The minimum absolute atomic E-state index is 0.129. The third kappa shape index (κ3) is 2.15. The zero-order valence-electron chi connectivity index (χ0n) is 9.27. The number of furan rings is 1. The van der Waals surface area contributed by atoms with Gasteiger partial charge in [0.05, 0.1) is 11.8 Å². The van der Waals surface area contributed by atoms with Gasteiger partial charge in [0.15, 0.2) is 0 Å². The highest BCUT2D eigenvalue weighted by atomic mass is 16.3. The van der Waals surface area contributed by atoms with Crippen LogP contribution in [0.3, 0.4) is 0 Å². The average molecular weight is 236 g/mol. The van der Waals surface area contributed by atoms with Crippen molar-refractivity contribution >= 4 is 0 Å². The zero-order valence-corrected chi connectivity index (χ0v) is 9.27. The summed E-state index contributed by atoms with van der Waals surface area (Å²) in [4.78, 5) is 24.8. The standard InChI is InChI=1S/C11H12N2O4/c1-7-9(14)12-11(16)13(10(7)15)5-4-8-3-2-6-17-8/h2-3,6,15H,4-5H2,1H3,(H,12,14,16). The summed E-state index contributed by atoms with van der Waals surface area (Å²) in [6, 6.07) is 3.52. The molecule has 2 rings (SSSR count). The third-order valence-corrected chi connectivity index (χ3v) is 2.56. The van der Waals surface area contributed by atoms with Gasteiger partial charge in [-0.15, -0.1) is 0 Å². The normalized spacial score (nSPS) is 10.6. The highest BCUT2D eigenvalue weighted by Crippen LogP contribution is 2.09. The third-order valence-electron chi connectivity index (χ3n) is 2.56. The van der Waals surface area contributed by atoms with Crippen LogP contribution >= 0.6 is 0 Å². The fourth-order valence-corrected chi connectivity index (χ4v) is 1.54. The number of nitrogens with zero attached hydrogens (tertiary/aromatic N) is 1. The van der Waals surface area contributed by atoms with Crippen molar-refractivity contribution in [3.05, 3.63) is 50.6 Å². The van der Waals surface area contributed by atoms with E-state index < -0.39 is 11.2 Å². The Morgan fingerprint density at radius 2 is 2.24 bits per heavy atom. The van der Waals surface area contributed by atoms with Crippen LogP contribution in [0.1, 0.15) is 11.3 Å². The molecular weight excluding hydrogens is 224 g/mol. The molecule has 0 aliphatic carbocycles. The largest absolute Gasteiger partial charge is 0.494 e. The molecule has 2 N–H and O–H groups in total. The molecule has 0 fully saturated rings. The van der Waals surface area contributed by atoms with Crippen LogP contribution in [0.2, 0.25) is 0 Å². The van der Waals surface area contributed by atoms with E-state index in [0.29, 0.717) is 12.2 Å². The summed E-state index contributed by atoms with van der Waals surface area (Å²) in [5.74, 6) is 0.408. The van der Waals surface area contributed by atoms with Gasteiger partial charge in [0.1, 0.15) is 5.76 Å². The van der Waals surface area contributed by atoms with Crippen LogP contribution in [0.15, 0.2) is 32.4 Å². The van der Waals surface area contributed by atoms with E-state index in [0.717, 1.165) is 4.57 Å². The van der Waals surface area contributed by atoms with Gasteiger partial charge in [-0.3, -0.25) is 14.3 Å². The zero-order chi connectivity index (χ0) is 12.4. The number of nitrogens with one attached hydrogen (secondary N) is 1. The fraction of sp³-hybridized carbons (Fsp3) is 0.273. The summed E-state index contributed by atoms with van der Waals surface area (Å²) in [6.07, 6.45) is 2.00.